The van der Waals surface area contributed by atoms with Gasteiger partial charge in [-0.15, -0.1) is 0 Å². The average Bonchev–Trinajstić information content (AvgIpc) is 2.74. The Bertz CT molecular complexity index is 1050. The zero-order valence-electron chi connectivity index (χ0n) is 17.2. The summed E-state index contributed by atoms with van der Waals surface area (Å²) in [5.41, 5.74) is 1.50. The molecule has 0 radical (unpaired) electrons. The van der Waals surface area contributed by atoms with Gasteiger partial charge in [-0.05, 0) is 55.7 Å². The number of carbonyl (C=O) groups is 2. The third-order valence-electron chi connectivity index (χ3n) is 5.10. The molecule has 0 unspecified atom stereocenters. The van der Waals surface area contributed by atoms with E-state index in [0.29, 0.717) is 34.7 Å². The van der Waals surface area contributed by atoms with Crippen LogP contribution in [0.5, 0.6) is 0 Å². The number of benzene rings is 2. The van der Waals surface area contributed by atoms with E-state index < -0.39 is 16.0 Å². The molecule has 1 saturated heterocycles. The number of nitrogens with zero attached hydrogens (tertiary/aromatic N) is 1. The monoisotopic (exact) mass is 464 g/mol. The minimum Gasteiger partial charge on any atom is -0.462 e. The molecule has 0 saturated carbocycles. The van der Waals surface area contributed by atoms with Gasteiger partial charge in [-0.2, -0.15) is 0 Å². The lowest BCUT2D eigenvalue weighted by molar-refractivity contribution is -0.120. The first-order valence-corrected chi connectivity index (χ1v) is 12.1. The SMILES string of the molecule is CCOC(=O)c1cccc(NC(=O)C2CCN(S(=O)(=O)Cc3cccc(Cl)c3)CC2)c1. The van der Waals surface area contributed by atoms with Crippen molar-refractivity contribution >= 4 is 39.2 Å². The Morgan fingerprint density at radius 1 is 1.13 bits per heavy atom. The first-order valence-electron chi connectivity index (χ1n) is 10.1. The van der Waals surface area contributed by atoms with Crippen molar-refractivity contribution in [2.75, 3.05) is 25.0 Å². The quantitative estimate of drug-likeness (QED) is 0.631. The predicted molar refractivity (Wildman–Crippen MR) is 119 cm³/mol. The number of sulfonamides is 1. The lowest BCUT2D eigenvalue weighted by Crippen LogP contribution is -2.41. The number of piperidine rings is 1. The number of hydrogen-bond donors (Lipinski definition) is 1. The number of anilines is 1. The molecule has 1 amide bonds. The second-order valence-electron chi connectivity index (χ2n) is 7.35. The molecule has 31 heavy (non-hydrogen) atoms. The number of nitrogens with one attached hydrogen (secondary N) is 1. The second-order valence-corrected chi connectivity index (χ2v) is 9.76. The number of hydrogen-bond acceptors (Lipinski definition) is 5. The van der Waals surface area contributed by atoms with Gasteiger partial charge in [0, 0.05) is 29.7 Å². The summed E-state index contributed by atoms with van der Waals surface area (Å²) < 4.78 is 31.9. The molecule has 1 aliphatic rings. The van der Waals surface area contributed by atoms with Crippen molar-refractivity contribution in [3.8, 4) is 0 Å². The molecule has 1 N–H and O–H groups in total. The van der Waals surface area contributed by atoms with Gasteiger partial charge in [0.1, 0.15) is 0 Å². The molecule has 1 fully saturated rings. The minimum absolute atomic E-state index is 0.120. The largest absolute Gasteiger partial charge is 0.462 e. The molecule has 0 aromatic heterocycles. The van der Waals surface area contributed by atoms with Crippen LogP contribution >= 0.6 is 11.6 Å². The molecule has 0 spiro atoms. The fraction of sp³-hybridized carbons (Fsp3) is 0.364. The predicted octanol–water partition coefficient (Wildman–Crippen LogP) is 3.70. The van der Waals surface area contributed by atoms with Gasteiger partial charge in [-0.3, -0.25) is 4.79 Å². The summed E-state index contributed by atoms with van der Waals surface area (Å²) in [5, 5.41) is 3.31. The zero-order valence-corrected chi connectivity index (χ0v) is 18.8. The Morgan fingerprint density at radius 2 is 1.84 bits per heavy atom. The molecule has 9 heteroatoms. The molecule has 2 aromatic carbocycles. The molecular formula is C22H25ClN2O5S. The van der Waals surface area contributed by atoms with Crippen LogP contribution in [0.2, 0.25) is 5.02 Å². The summed E-state index contributed by atoms with van der Waals surface area (Å²) in [7, 11) is -3.49. The Labute approximate surface area is 187 Å². The van der Waals surface area contributed by atoms with E-state index >= 15 is 0 Å². The van der Waals surface area contributed by atoms with E-state index in [1.165, 1.54) is 4.31 Å². The lowest BCUT2D eigenvalue weighted by Gasteiger charge is -2.30. The van der Waals surface area contributed by atoms with E-state index in [1.54, 1.807) is 55.5 Å². The van der Waals surface area contributed by atoms with Gasteiger partial charge >= 0.3 is 5.97 Å². The highest BCUT2D eigenvalue weighted by atomic mass is 35.5. The first kappa shape index (κ1) is 23.2. The molecule has 0 atom stereocenters. The van der Waals surface area contributed by atoms with Crippen LogP contribution in [0.3, 0.4) is 0 Å². The summed E-state index contributed by atoms with van der Waals surface area (Å²) in [6, 6.07) is 13.4. The van der Waals surface area contributed by atoms with Crippen molar-refractivity contribution in [3.05, 3.63) is 64.7 Å². The average molecular weight is 465 g/mol. The number of ether oxygens (including phenoxy) is 1. The second kappa shape index (κ2) is 10.3. The molecule has 2 aromatic rings. The van der Waals surface area contributed by atoms with Crippen LogP contribution in [0.25, 0.3) is 0 Å². The molecular weight excluding hydrogens is 440 g/mol. The third-order valence-corrected chi connectivity index (χ3v) is 7.18. The van der Waals surface area contributed by atoms with Gasteiger partial charge in [0.25, 0.3) is 0 Å². The Kier molecular flexibility index (Phi) is 7.69. The molecule has 7 nitrogen and oxygen atoms in total. The number of esters is 1. The molecule has 1 aliphatic heterocycles. The van der Waals surface area contributed by atoms with E-state index in [4.69, 9.17) is 16.3 Å². The normalized spacial score (nSPS) is 15.4. The maximum Gasteiger partial charge on any atom is 0.338 e. The maximum atomic E-state index is 12.7. The van der Waals surface area contributed by atoms with Gasteiger partial charge in [0.2, 0.25) is 15.9 Å². The molecule has 1 heterocycles. The summed E-state index contributed by atoms with van der Waals surface area (Å²) in [4.78, 5) is 24.5. The summed E-state index contributed by atoms with van der Waals surface area (Å²) >= 11 is 5.94. The summed E-state index contributed by atoms with van der Waals surface area (Å²) in [6.45, 7) is 2.56. The van der Waals surface area contributed by atoms with Crippen molar-refractivity contribution in [3.63, 3.8) is 0 Å². The number of amides is 1. The Hall–Kier alpha value is -2.42. The molecule has 166 valence electrons. The smallest absolute Gasteiger partial charge is 0.338 e. The van der Waals surface area contributed by atoms with E-state index in [-0.39, 0.29) is 37.3 Å². The minimum atomic E-state index is -3.49. The van der Waals surface area contributed by atoms with Crippen molar-refractivity contribution < 1.29 is 22.7 Å². The molecule has 0 aliphatic carbocycles. The van der Waals surface area contributed by atoms with Crippen LogP contribution in [0, 0.1) is 5.92 Å². The number of halogens is 1. The van der Waals surface area contributed by atoms with Crippen LogP contribution in [0.1, 0.15) is 35.7 Å². The molecule has 3 rings (SSSR count). The fourth-order valence-electron chi connectivity index (χ4n) is 3.51. The maximum absolute atomic E-state index is 12.7. The Balaban J connectivity index is 1.56. The van der Waals surface area contributed by atoms with Crippen molar-refractivity contribution in [2.45, 2.75) is 25.5 Å². The van der Waals surface area contributed by atoms with Gasteiger partial charge in [-0.1, -0.05) is 29.8 Å². The highest BCUT2D eigenvalue weighted by Crippen LogP contribution is 2.24. The van der Waals surface area contributed by atoms with E-state index in [0.717, 1.165) is 0 Å². The lowest BCUT2D eigenvalue weighted by atomic mass is 9.97. The third kappa shape index (κ3) is 6.29. The van der Waals surface area contributed by atoms with Crippen molar-refractivity contribution in [2.24, 2.45) is 5.92 Å². The van der Waals surface area contributed by atoms with Gasteiger partial charge in [0.15, 0.2) is 0 Å². The van der Waals surface area contributed by atoms with Crippen molar-refractivity contribution in [1.82, 2.24) is 4.31 Å². The van der Waals surface area contributed by atoms with Crippen molar-refractivity contribution in [1.29, 1.82) is 0 Å². The van der Waals surface area contributed by atoms with Gasteiger partial charge < -0.3 is 10.1 Å². The van der Waals surface area contributed by atoms with E-state index in [9.17, 15) is 18.0 Å². The molecule has 0 bridgehead atoms. The van der Waals surface area contributed by atoms with Crippen LogP contribution in [0.4, 0.5) is 5.69 Å². The number of rotatable bonds is 7. The van der Waals surface area contributed by atoms with Gasteiger partial charge in [0.05, 0.1) is 17.9 Å². The topological polar surface area (TPSA) is 92.8 Å². The highest BCUT2D eigenvalue weighted by molar-refractivity contribution is 7.88. The zero-order chi connectivity index (χ0) is 22.4. The van der Waals surface area contributed by atoms with E-state index in [1.807, 2.05) is 0 Å². The Morgan fingerprint density at radius 3 is 2.52 bits per heavy atom. The standard InChI is InChI=1S/C22H25ClN2O5S/c1-2-30-22(27)18-6-4-8-20(14-18)24-21(26)17-9-11-25(12-10-17)31(28,29)15-16-5-3-7-19(23)13-16/h3-8,13-14,17H,2,9-12,15H2,1H3,(H,24,26). The highest BCUT2D eigenvalue weighted by Gasteiger charge is 2.31. The number of carbonyl (C=O) groups excluding carboxylic acids is 2. The van der Waals surface area contributed by atoms with E-state index in [2.05, 4.69) is 5.32 Å². The summed E-state index contributed by atoms with van der Waals surface area (Å²) in [6.07, 6.45) is 0.857. The van der Waals surface area contributed by atoms with Crippen LogP contribution in [0.15, 0.2) is 48.5 Å². The fourth-order valence-corrected chi connectivity index (χ4v) is 5.27. The van der Waals surface area contributed by atoms with Crippen LogP contribution in [-0.2, 0) is 25.3 Å². The summed E-state index contributed by atoms with van der Waals surface area (Å²) in [5.74, 6) is -1.06. The van der Waals surface area contributed by atoms with Crippen LogP contribution in [-0.4, -0.2) is 44.3 Å². The van der Waals surface area contributed by atoms with Crippen LogP contribution < -0.4 is 5.32 Å². The first-order chi connectivity index (χ1) is 14.8. The van der Waals surface area contributed by atoms with Gasteiger partial charge in [-0.25, -0.2) is 17.5 Å².